The van der Waals surface area contributed by atoms with Gasteiger partial charge in [-0.15, -0.1) is 0 Å². The number of nitrogens with zero attached hydrogens (tertiary/aromatic N) is 1. The summed E-state index contributed by atoms with van der Waals surface area (Å²) in [4.78, 5) is 11.6. The number of hydrogen-bond acceptors (Lipinski definition) is 2. The van der Waals surface area contributed by atoms with Crippen molar-refractivity contribution in [3.05, 3.63) is 17.5 Å². The molecule has 0 bridgehead atoms. The first-order chi connectivity index (χ1) is 7.88. The Morgan fingerprint density at radius 2 is 2.18 bits per heavy atom. The largest absolute Gasteiger partial charge is 0.356 e. The lowest BCUT2D eigenvalue weighted by Crippen LogP contribution is -2.28. The van der Waals surface area contributed by atoms with Crippen molar-refractivity contribution in [3.8, 4) is 0 Å². The van der Waals surface area contributed by atoms with E-state index in [9.17, 15) is 4.79 Å². The van der Waals surface area contributed by atoms with Crippen molar-refractivity contribution in [1.82, 2.24) is 15.5 Å². The summed E-state index contributed by atoms with van der Waals surface area (Å²) in [5, 5.41) is 9.84. The first kappa shape index (κ1) is 13.7. The van der Waals surface area contributed by atoms with Crippen LogP contribution < -0.4 is 5.32 Å². The van der Waals surface area contributed by atoms with Gasteiger partial charge in [-0.05, 0) is 30.7 Å². The molecule has 0 unspecified atom stereocenters. The lowest BCUT2D eigenvalue weighted by Gasteiger charge is -2.17. The molecule has 0 fully saturated rings. The highest BCUT2D eigenvalue weighted by Crippen LogP contribution is 2.17. The van der Waals surface area contributed by atoms with Crippen LogP contribution in [0.4, 0.5) is 0 Å². The zero-order valence-corrected chi connectivity index (χ0v) is 11.3. The van der Waals surface area contributed by atoms with Gasteiger partial charge >= 0.3 is 0 Å². The van der Waals surface area contributed by atoms with Crippen LogP contribution in [0, 0.1) is 12.3 Å². The van der Waals surface area contributed by atoms with Gasteiger partial charge in [0, 0.05) is 18.7 Å². The van der Waals surface area contributed by atoms with Gasteiger partial charge in [-0.1, -0.05) is 20.8 Å². The maximum absolute atomic E-state index is 11.6. The molecule has 1 amide bonds. The molecule has 0 aliphatic carbocycles. The number of H-pyrrole nitrogens is 1. The lowest BCUT2D eigenvalue weighted by molar-refractivity contribution is -0.122. The quantitative estimate of drug-likeness (QED) is 0.771. The SMILES string of the molecule is Cc1[nH]ncc1CCCNC(=O)CC(C)(C)C. The summed E-state index contributed by atoms with van der Waals surface area (Å²) in [6, 6.07) is 0. The molecule has 0 aliphatic rings. The van der Waals surface area contributed by atoms with Gasteiger partial charge in [0.05, 0.1) is 6.20 Å². The zero-order chi connectivity index (χ0) is 12.9. The van der Waals surface area contributed by atoms with Gasteiger partial charge in [-0.25, -0.2) is 0 Å². The fraction of sp³-hybridized carbons (Fsp3) is 0.692. The molecule has 17 heavy (non-hydrogen) atoms. The summed E-state index contributed by atoms with van der Waals surface area (Å²) in [6.07, 6.45) is 4.35. The number of hydrogen-bond donors (Lipinski definition) is 2. The van der Waals surface area contributed by atoms with E-state index in [0.717, 1.165) is 25.1 Å². The van der Waals surface area contributed by atoms with E-state index in [1.807, 2.05) is 13.1 Å². The van der Waals surface area contributed by atoms with Gasteiger partial charge < -0.3 is 5.32 Å². The van der Waals surface area contributed by atoms with E-state index in [1.54, 1.807) is 0 Å². The molecular formula is C13H23N3O. The summed E-state index contributed by atoms with van der Waals surface area (Å²) in [5.41, 5.74) is 2.41. The molecular weight excluding hydrogens is 214 g/mol. The average molecular weight is 237 g/mol. The monoisotopic (exact) mass is 237 g/mol. The van der Waals surface area contributed by atoms with Gasteiger partial charge in [0.25, 0.3) is 0 Å². The van der Waals surface area contributed by atoms with Crippen LogP contribution in [0.15, 0.2) is 6.20 Å². The van der Waals surface area contributed by atoms with Crippen LogP contribution >= 0.6 is 0 Å². The predicted molar refractivity (Wildman–Crippen MR) is 68.7 cm³/mol. The standard InChI is InChI=1S/C13H23N3O/c1-10-11(9-15-16-10)6-5-7-14-12(17)8-13(2,3)4/h9H,5-8H2,1-4H3,(H,14,17)(H,15,16). The Kier molecular flexibility index (Phi) is 4.73. The Morgan fingerprint density at radius 3 is 2.71 bits per heavy atom. The fourth-order valence-corrected chi connectivity index (χ4v) is 1.68. The molecule has 0 radical (unpaired) electrons. The second-order valence-corrected chi connectivity index (χ2v) is 5.71. The number of rotatable bonds is 5. The van der Waals surface area contributed by atoms with Crippen molar-refractivity contribution >= 4 is 5.91 Å². The minimum atomic E-state index is 0.0607. The highest BCUT2D eigenvalue weighted by Gasteiger charge is 2.15. The molecule has 0 atom stereocenters. The normalized spacial score (nSPS) is 11.5. The summed E-state index contributed by atoms with van der Waals surface area (Å²) in [5.74, 6) is 0.140. The third-order valence-corrected chi connectivity index (χ3v) is 2.57. The van der Waals surface area contributed by atoms with Crippen LogP contribution in [0.25, 0.3) is 0 Å². The van der Waals surface area contributed by atoms with E-state index < -0.39 is 0 Å². The van der Waals surface area contributed by atoms with Crippen LogP contribution in [0.3, 0.4) is 0 Å². The Labute approximate surface area is 103 Å². The number of aryl methyl sites for hydroxylation is 2. The van der Waals surface area contributed by atoms with E-state index in [4.69, 9.17) is 0 Å². The molecule has 1 heterocycles. The molecule has 0 spiro atoms. The number of amides is 1. The van der Waals surface area contributed by atoms with E-state index in [0.29, 0.717) is 6.42 Å². The smallest absolute Gasteiger partial charge is 0.220 e. The minimum absolute atomic E-state index is 0.0607. The lowest BCUT2D eigenvalue weighted by atomic mass is 9.92. The van der Waals surface area contributed by atoms with Crippen molar-refractivity contribution in [1.29, 1.82) is 0 Å². The van der Waals surface area contributed by atoms with Crippen LogP contribution in [0.2, 0.25) is 0 Å². The number of nitrogens with one attached hydrogen (secondary N) is 2. The summed E-state index contributed by atoms with van der Waals surface area (Å²) < 4.78 is 0. The highest BCUT2D eigenvalue weighted by molar-refractivity contribution is 5.76. The predicted octanol–water partition coefficient (Wildman–Crippen LogP) is 2.20. The van der Waals surface area contributed by atoms with Crippen molar-refractivity contribution in [2.24, 2.45) is 5.41 Å². The van der Waals surface area contributed by atoms with E-state index >= 15 is 0 Å². The van der Waals surface area contributed by atoms with Crippen molar-refractivity contribution in [2.45, 2.75) is 47.0 Å². The van der Waals surface area contributed by atoms with Gasteiger partial charge in [-0.3, -0.25) is 9.89 Å². The second-order valence-electron chi connectivity index (χ2n) is 5.71. The van der Waals surface area contributed by atoms with Crippen LogP contribution in [-0.2, 0) is 11.2 Å². The number of aromatic amines is 1. The van der Waals surface area contributed by atoms with Gasteiger partial charge in [0.1, 0.15) is 0 Å². The van der Waals surface area contributed by atoms with E-state index in [2.05, 4.69) is 36.3 Å². The third kappa shape index (κ3) is 5.52. The molecule has 2 N–H and O–H groups in total. The third-order valence-electron chi connectivity index (χ3n) is 2.57. The first-order valence-corrected chi connectivity index (χ1v) is 6.14. The summed E-state index contributed by atoms with van der Waals surface area (Å²) in [6.45, 7) is 8.96. The van der Waals surface area contributed by atoms with Gasteiger partial charge in [0.2, 0.25) is 5.91 Å². The fourth-order valence-electron chi connectivity index (χ4n) is 1.68. The molecule has 1 aromatic heterocycles. The Bertz CT molecular complexity index is 363. The van der Waals surface area contributed by atoms with Crippen molar-refractivity contribution < 1.29 is 4.79 Å². The number of aromatic nitrogens is 2. The molecule has 0 saturated carbocycles. The molecule has 1 rings (SSSR count). The number of carbonyl (C=O) groups is 1. The first-order valence-electron chi connectivity index (χ1n) is 6.14. The van der Waals surface area contributed by atoms with Gasteiger partial charge in [0.15, 0.2) is 0 Å². The Balaban J connectivity index is 2.17. The zero-order valence-electron chi connectivity index (χ0n) is 11.3. The van der Waals surface area contributed by atoms with Crippen LogP contribution in [-0.4, -0.2) is 22.6 Å². The van der Waals surface area contributed by atoms with Crippen LogP contribution in [0.5, 0.6) is 0 Å². The maximum atomic E-state index is 11.6. The Hall–Kier alpha value is -1.32. The maximum Gasteiger partial charge on any atom is 0.220 e. The molecule has 0 aromatic carbocycles. The highest BCUT2D eigenvalue weighted by atomic mass is 16.1. The van der Waals surface area contributed by atoms with Crippen molar-refractivity contribution in [2.75, 3.05) is 6.54 Å². The van der Waals surface area contributed by atoms with Crippen molar-refractivity contribution in [3.63, 3.8) is 0 Å². The minimum Gasteiger partial charge on any atom is -0.356 e. The second kappa shape index (κ2) is 5.84. The molecule has 4 nitrogen and oxygen atoms in total. The van der Waals surface area contributed by atoms with E-state index in [1.165, 1.54) is 5.56 Å². The van der Waals surface area contributed by atoms with E-state index in [-0.39, 0.29) is 11.3 Å². The molecule has 4 heteroatoms. The topological polar surface area (TPSA) is 57.8 Å². The molecule has 0 saturated heterocycles. The number of carbonyl (C=O) groups excluding carboxylic acids is 1. The summed E-state index contributed by atoms with van der Waals surface area (Å²) >= 11 is 0. The Morgan fingerprint density at radius 1 is 1.47 bits per heavy atom. The van der Waals surface area contributed by atoms with Gasteiger partial charge in [-0.2, -0.15) is 5.10 Å². The molecule has 0 aliphatic heterocycles. The molecule has 1 aromatic rings. The average Bonchev–Trinajstić information content (AvgIpc) is 2.56. The molecule has 96 valence electrons. The summed E-state index contributed by atoms with van der Waals surface area (Å²) in [7, 11) is 0. The van der Waals surface area contributed by atoms with Crippen LogP contribution in [0.1, 0.15) is 44.9 Å².